The van der Waals surface area contributed by atoms with E-state index in [-0.39, 0.29) is 0 Å². The molecule has 1 aliphatic heterocycles. The van der Waals surface area contributed by atoms with Crippen LogP contribution in [0.15, 0.2) is 35.2 Å². The Kier molecular flexibility index (Phi) is 5.21. The smallest absolute Gasteiger partial charge is 0.323 e. The van der Waals surface area contributed by atoms with Gasteiger partial charge in [-0.15, -0.1) is 4.72 Å². The van der Waals surface area contributed by atoms with Crippen molar-refractivity contribution in [1.82, 2.24) is 4.72 Å². The Morgan fingerprint density at radius 2 is 1.83 bits per heavy atom. The van der Waals surface area contributed by atoms with E-state index in [0.717, 1.165) is 29.7 Å². The molecule has 29 heavy (non-hydrogen) atoms. The number of hydrogen-bond donors (Lipinski definition) is 3. The number of rotatable bonds is 5. The minimum Gasteiger partial charge on any atom is -0.508 e. The zero-order valence-electron chi connectivity index (χ0n) is 17.5. The van der Waals surface area contributed by atoms with Crippen molar-refractivity contribution in [3.8, 4) is 5.75 Å². The zero-order chi connectivity index (χ0) is 20.8. The molecule has 156 valence electrons. The molecular weight excluding hydrogens is 384 g/mol. The summed E-state index contributed by atoms with van der Waals surface area (Å²) in [6.07, 6.45) is 4.70. The van der Waals surface area contributed by atoms with Crippen LogP contribution in [-0.2, 0) is 21.0 Å². The summed E-state index contributed by atoms with van der Waals surface area (Å²) in [7, 11) is -3.27. The van der Waals surface area contributed by atoms with E-state index in [1.807, 2.05) is 32.0 Å². The lowest BCUT2D eigenvalue weighted by atomic mass is 9.63. The zero-order valence-corrected chi connectivity index (χ0v) is 18.3. The van der Waals surface area contributed by atoms with E-state index in [0.29, 0.717) is 29.1 Å². The second-order valence-corrected chi connectivity index (χ2v) is 10.7. The maximum atomic E-state index is 12.7. The minimum absolute atomic E-state index is 0.290. The molecule has 2 aromatic rings. The average molecular weight is 416 g/mol. The highest BCUT2D eigenvalue weighted by atomic mass is 32.3. The summed E-state index contributed by atoms with van der Waals surface area (Å²) >= 11 is 0. The quantitative estimate of drug-likeness (QED) is 0.634. The van der Waals surface area contributed by atoms with E-state index >= 15 is 0 Å². The van der Waals surface area contributed by atoms with Crippen molar-refractivity contribution >= 4 is 16.1 Å². The Labute approximate surface area is 174 Å². The maximum absolute atomic E-state index is 12.7. The third-order valence-electron chi connectivity index (χ3n) is 6.76. The molecule has 1 spiro atoms. The number of nitrogens with one attached hydrogen (secondary N) is 1. The van der Waals surface area contributed by atoms with E-state index in [1.165, 1.54) is 30.5 Å². The van der Waals surface area contributed by atoms with Crippen molar-refractivity contribution in [2.24, 2.45) is 5.41 Å². The summed E-state index contributed by atoms with van der Waals surface area (Å²) in [4.78, 5) is 2.77. The summed E-state index contributed by atoms with van der Waals surface area (Å²) in [5.41, 5.74) is 5.78. The van der Waals surface area contributed by atoms with Crippen LogP contribution >= 0.6 is 0 Å². The molecule has 1 heterocycles. The number of aryl methyl sites for hydroxylation is 1. The number of nitrogens with zero attached hydrogens (tertiary/aromatic N) is 1. The normalized spacial score (nSPS) is 19.5. The van der Waals surface area contributed by atoms with Crippen LogP contribution in [0.4, 0.5) is 5.69 Å². The van der Waals surface area contributed by atoms with Crippen molar-refractivity contribution in [1.29, 1.82) is 0 Å². The first-order valence-electron chi connectivity index (χ1n) is 10.4. The van der Waals surface area contributed by atoms with E-state index in [9.17, 15) is 13.9 Å². The number of fused-ring (bicyclic) bond motifs is 1. The molecule has 0 aromatic heterocycles. The lowest BCUT2D eigenvalue weighted by molar-refractivity contribution is 0.134. The SMILES string of the molecule is Cc1ccc([S+](=O)(O)NCCN2CC3(CCC3)Cc3cc(O)c(C)c(C)c32)cc1. The fourth-order valence-corrected chi connectivity index (χ4v) is 5.84. The van der Waals surface area contributed by atoms with Gasteiger partial charge in [-0.1, -0.05) is 24.1 Å². The van der Waals surface area contributed by atoms with Gasteiger partial charge >= 0.3 is 10.4 Å². The summed E-state index contributed by atoms with van der Waals surface area (Å²) in [5.74, 6) is 0.369. The van der Waals surface area contributed by atoms with Crippen LogP contribution in [0.2, 0.25) is 0 Å². The molecule has 4 rings (SSSR count). The first-order chi connectivity index (χ1) is 13.7. The van der Waals surface area contributed by atoms with E-state index in [2.05, 4.69) is 16.5 Å². The monoisotopic (exact) mass is 415 g/mol. The first kappa shape index (κ1) is 20.4. The predicted molar refractivity (Wildman–Crippen MR) is 118 cm³/mol. The van der Waals surface area contributed by atoms with E-state index < -0.39 is 10.4 Å². The molecule has 1 atom stereocenters. The standard InChI is InChI=1S/C23H30N2O3S/c1-16-5-7-20(8-6-16)29(27,28)24-11-12-25-15-23(9-4-10-23)14-19-13-21(26)17(2)18(3)22(19)25/h5-8,13H,4,9-12,14-15H2,1-3H3,(H2-,24,26,27,28)/p+1. The number of benzene rings is 2. The molecule has 0 radical (unpaired) electrons. The van der Waals surface area contributed by atoms with Crippen LogP contribution in [0.1, 0.15) is 41.5 Å². The molecular formula is C23H31N2O3S+. The van der Waals surface area contributed by atoms with E-state index in [1.54, 1.807) is 12.1 Å². The van der Waals surface area contributed by atoms with Gasteiger partial charge in [-0.2, -0.15) is 4.55 Å². The molecule has 2 aromatic carbocycles. The second kappa shape index (κ2) is 7.42. The van der Waals surface area contributed by atoms with Gasteiger partial charge < -0.3 is 10.0 Å². The Balaban J connectivity index is 1.53. The van der Waals surface area contributed by atoms with Crippen molar-refractivity contribution < 1.29 is 13.9 Å². The molecule has 1 saturated carbocycles. The van der Waals surface area contributed by atoms with Crippen LogP contribution in [0.3, 0.4) is 0 Å². The molecule has 0 amide bonds. The lowest BCUT2D eigenvalue weighted by Crippen LogP contribution is -2.50. The van der Waals surface area contributed by atoms with Crippen LogP contribution in [0, 0.1) is 26.2 Å². The number of aromatic hydroxyl groups is 1. The average Bonchev–Trinajstić information content (AvgIpc) is 2.64. The predicted octanol–water partition coefficient (Wildman–Crippen LogP) is 4.39. The maximum Gasteiger partial charge on any atom is 0.323 e. The van der Waals surface area contributed by atoms with Crippen LogP contribution in [0.25, 0.3) is 0 Å². The molecule has 1 aliphatic carbocycles. The molecule has 2 aliphatic rings. The third-order valence-corrected chi connectivity index (χ3v) is 8.27. The Morgan fingerprint density at radius 3 is 2.45 bits per heavy atom. The van der Waals surface area contributed by atoms with Gasteiger partial charge in [-0.05, 0) is 84.5 Å². The van der Waals surface area contributed by atoms with Gasteiger partial charge in [0.1, 0.15) is 5.75 Å². The molecule has 0 saturated heterocycles. The summed E-state index contributed by atoms with van der Waals surface area (Å²) < 4.78 is 26.1. The lowest BCUT2D eigenvalue weighted by Gasteiger charge is -2.50. The van der Waals surface area contributed by atoms with Gasteiger partial charge in [0, 0.05) is 18.8 Å². The molecule has 1 fully saturated rings. The summed E-state index contributed by atoms with van der Waals surface area (Å²) in [6, 6.07) is 9.05. The fraction of sp³-hybridized carbons (Fsp3) is 0.478. The Hall–Kier alpha value is -1.89. The molecule has 0 bridgehead atoms. The third kappa shape index (κ3) is 3.81. The largest absolute Gasteiger partial charge is 0.508 e. The molecule has 5 nitrogen and oxygen atoms in total. The van der Waals surface area contributed by atoms with Gasteiger partial charge in [-0.3, -0.25) is 0 Å². The van der Waals surface area contributed by atoms with Crippen LogP contribution in [0.5, 0.6) is 5.75 Å². The second-order valence-electron chi connectivity index (χ2n) is 8.84. The Morgan fingerprint density at radius 1 is 1.14 bits per heavy atom. The van der Waals surface area contributed by atoms with Crippen molar-refractivity contribution in [3.63, 3.8) is 0 Å². The van der Waals surface area contributed by atoms with Crippen molar-refractivity contribution in [2.45, 2.75) is 51.3 Å². The molecule has 1 unspecified atom stereocenters. The highest BCUT2D eigenvalue weighted by Crippen LogP contribution is 2.51. The number of phenolic OH excluding ortho intramolecular Hbond substituents is 1. The topological polar surface area (TPSA) is 72.8 Å². The van der Waals surface area contributed by atoms with Gasteiger partial charge in [0.05, 0.1) is 6.54 Å². The van der Waals surface area contributed by atoms with Crippen molar-refractivity contribution in [2.75, 3.05) is 24.5 Å². The highest BCUT2D eigenvalue weighted by molar-refractivity contribution is 7.95. The summed E-state index contributed by atoms with van der Waals surface area (Å²) in [5, 5.41) is 10.3. The van der Waals surface area contributed by atoms with Gasteiger partial charge in [0.25, 0.3) is 0 Å². The van der Waals surface area contributed by atoms with Crippen molar-refractivity contribution in [3.05, 3.63) is 52.6 Å². The van der Waals surface area contributed by atoms with Gasteiger partial charge in [-0.25, -0.2) is 0 Å². The van der Waals surface area contributed by atoms with E-state index in [4.69, 9.17) is 0 Å². The number of hydrogen-bond acceptors (Lipinski definition) is 3. The fourth-order valence-electron chi connectivity index (χ4n) is 4.80. The highest BCUT2D eigenvalue weighted by Gasteiger charge is 2.43. The first-order valence-corrected chi connectivity index (χ1v) is 11.9. The number of phenols is 1. The number of anilines is 1. The van der Waals surface area contributed by atoms with Crippen LogP contribution < -0.4 is 9.62 Å². The van der Waals surface area contributed by atoms with Gasteiger partial charge in [0.15, 0.2) is 0 Å². The molecule has 3 N–H and O–H groups in total. The minimum atomic E-state index is -3.27. The Bertz CT molecular complexity index is 967. The van der Waals surface area contributed by atoms with Gasteiger partial charge in [0.2, 0.25) is 4.90 Å². The van der Waals surface area contributed by atoms with Crippen LogP contribution in [-0.4, -0.2) is 29.3 Å². The summed E-state index contributed by atoms with van der Waals surface area (Å²) in [6.45, 7) is 8.02. The molecule has 6 heteroatoms.